The van der Waals surface area contributed by atoms with E-state index >= 15 is 0 Å². The number of nitrogen functional groups attached to an aromatic ring is 1. The number of nitrogens with two attached hydrogens (primary N) is 1. The number of benzene rings is 1. The van der Waals surface area contributed by atoms with Crippen molar-refractivity contribution < 1.29 is 14.7 Å². The first-order valence-corrected chi connectivity index (χ1v) is 5.57. The van der Waals surface area contributed by atoms with Crippen LogP contribution in [0.15, 0.2) is 18.2 Å². The van der Waals surface area contributed by atoms with Crippen LogP contribution in [0, 0.1) is 0 Å². The minimum absolute atomic E-state index is 0.0574. The van der Waals surface area contributed by atoms with E-state index in [1.165, 1.54) is 17.0 Å². The van der Waals surface area contributed by atoms with Crippen LogP contribution in [-0.4, -0.2) is 42.0 Å². The predicted molar refractivity (Wildman–Crippen MR) is 68.2 cm³/mol. The van der Waals surface area contributed by atoms with Gasteiger partial charge in [0, 0.05) is 13.6 Å². The number of hydrogen-bond acceptors (Lipinski definition) is 4. The molecule has 0 radical (unpaired) electrons. The van der Waals surface area contributed by atoms with Crippen molar-refractivity contribution in [3.8, 4) is 5.75 Å². The van der Waals surface area contributed by atoms with E-state index in [4.69, 9.17) is 5.73 Å². The number of nitrogens with zero attached hydrogens (tertiary/aromatic N) is 1. The van der Waals surface area contributed by atoms with E-state index in [1.54, 1.807) is 13.1 Å². The number of phenolic OH excluding ortho intramolecular Hbond substituents is 1. The van der Waals surface area contributed by atoms with Crippen LogP contribution in [0.1, 0.15) is 17.3 Å². The average Bonchev–Trinajstić information content (AvgIpc) is 2.37. The molecule has 0 unspecified atom stereocenters. The molecular weight excluding hydrogens is 234 g/mol. The quantitative estimate of drug-likeness (QED) is 0.525. The summed E-state index contributed by atoms with van der Waals surface area (Å²) in [4.78, 5) is 24.7. The van der Waals surface area contributed by atoms with Crippen molar-refractivity contribution in [2.24, 2.45) is 0 Å². The molecule has 0 atom stereocenters. The molecule has 0 aromatic heterocycles. The monoisotopic (exact) mass is 251 g/mol. The number of hydrogen-bond donors (Lipinski definition) is 3. The molecule has 0 aliphatic rings. The molecule has 0 saturated carbocycles. The topological polar surface area (TPSA) is 95.7 Å². The van der Waals surface area contributed by atoms with Gasteiger partial charge in [-0.05, 0) is 19.1 Å². The molecule has 6 nitrogen and oxygen atoms in total. The first kappa shape index (κ1) is 13.8. The van der Waals surface area contributed by atoms with Gasteiger partial charge in [0.05, 0.1) is 17.8 Å². The third kappa shape index (κ3) is 3.13. The second-order valence-corrected chi connectivity index (χ2v) is 3.83. The Bertz CT molecular complexity index is 460. The van der Waals surface area contributed by atoms with Crippen molar-refractivity contribution >= 4 is 17.5 Å². The van der Waals surface area contributed by atoms with Crippen LogP contribution in [0.25, 0.3) is 0 Å². The molecule has 1 aromatic carbocycles. The highest BCUT2D eigenvalue weighted by atomic mass is 16.3. The van der Waals surface area contributed by atoms with Crippen LogP contribution in [0.5, 0.6) is 5.75 Å². The van der Waals surface area contributed by atoms with Gasteiger partial charge in [0.15, 0.2) is 5.75 Å². The van der Waals surface area contributed by atoms with Gasteiger partial charge in [0.2, 0.25) is 5.91 Å². The van der Waals surface area contributed by atoms with Crippen LogP contribution in [0.3, 0.4) is 0 Å². The maximum Gasteiger partial charge on any atom is 0.255 e. The third-order valence-corrected chi connectivity index (χ3v) is 2.61. The van der Waals surface area contributed by atoms with Gasteiger partial charge in [-0.3, -0.25) is 9.59 Å². The SMILES string of the molecule is CCN(C)C(=O)CNC(=O)c1cccc(N)c1O. The maximum absolute atomic E-state index is 11.7. The number of amides is 2. The van der Waals surface area contributed by atoms with Gasteiger partial charge in [-0.15, -0.1) is 0 Å². The Hall–Kier alpha value is -2.24. The van der Waals surface area contributed by atoms with E-state index in [2.05, 4.69) is 5.32 Å². The minimum atomic E-state index is -0.530. The highest BCUT2D eigenvalue weighted by molar-refractivity contribution is 6.00. The van der Waals surface area contributed by atoms with Gasteiger partial charge in [-0.2, -0.15) is 0 Å². The van der Waals surface area contributed by atoms with Crippen molar-refractivity contribution in [3.05, 3.63) is 23.8 Å². The molecule has 0 fully saturated rings. The molecule has 1 aromatic rings. The lowest BCUT2D eigenvalue weighted by Crippen LogP contribution is -2.38. The fourth-order valence-electron chi connectivity index (χ4n) is 1.31. The van der Waals surface area contributed by atoms with Crippen LogP contribution >= 0.6 is 0 Å². The number of para-hydroxylation sites is 1. The molecule has 1 rings (SSSR count). The summed E-state index contributed by atoms with van der Waals surface area (Å²) in [6, 6.07) is 4.49. The molecule has 0 spiro atoms. The lowest BCUT2D eigenvalue weighted by Gasteiger charge is -2.15. The summed E-state index contributed by atoms with van der Waals surface area (Å²) < 4.78 is 0. The number of likely N-dealkylation sites (N-methyl/N-ethyl adjacent to an activating group) is 1. The van der Waals surface area contributed by atoms with Crippen LogP contribution in [0.4, 0.5) is 5.69 Å². The summed E-state index contributed by atoms with van der Waals surface area (Å²) in [5, 5.41) is 12.0. The normalized spacial score (nSPS) is 9.89. The Balaban J connectivity index is 2.67. The highest BCUT2D eigenvalue weighted by Gasteiger charge is 2.14. The first-order valence-electron chi connectivity index (χ1n) is 5.57. The molecule has 0 bridgehead atoms. The molecule has 18 heavy (non-hydrogen) atoms. The van der Waals surface area contributed by atoms with E-state index in [0.29, 0.717) is 6.54 Å². The van der Waals surface area contributed by atoms with E-state index < -0.39 is 5.91 Å². The zero-order valence-corrected chi connectivity index (χ0v) is 10.4. The molecule has 0 heterocycles. The summed E-state index contributed by atoms with van der Waals surface area (Å²) in [5.74, 6) is -1.00. The zero-order chi connectivity index (χ0) is 13.7. The summed E-state index contributed by atoms with van der Waals surface area (Å²) in [6.07, 6.45) is 0. The summed E-state index contributed by atoms with van der Waals surface area (Å²) in [6.45, 7) is 2.29. The van der Waals surface area contributed by atoms with Gasteiger partial charge in [-0.25, -0.2) is 0 Å². The molecule has 6 heteroatoms. The Morgan fingerprint density at radius 3 is 2.72 bits per heavy atom. The average molecular weight is 251 g/mol. The highest BCUT2D eigenvalue weighted by Crippen LogP contribution is 2.23. The van der Waals surface area contributed by atoms with Crippen LogP contribution < -0.4 is 11.1 Å². The van der Waals surface area contributed by atoms with Crippen LogP contribution in [0.2, 0.25) is 0 Å². The third-order valence-electron chi connectivity index (χ3n) is 2.61. The molecular formula is C12H17N3O3. The van der Waals surface area contributed by atoms with Gasteiger partial charge in [-0.1, -0.05) is 6.07 Å². The van der Waals surface area contributed by atoms with Crippen molar-refractivity contribution in [3.63, 3.8) is 0 Å². The van der Waals surface area contributed by atoms with Crippen molar-refractivity contribution in [2.45, 2.75) is 6.92 Å². The van der Waals surface area contributed by atoms with Crippen molar-refractivity contribution in [2.75, 3.05) is 25.9 Å². The molecule has 2 amide bonds. The molecule has 4 N–H and O–H groups in total. The largest absolute Gasteiger partial charge is 0.505 e. The Kier molecular flexibility index (Phi) is 4.53. The molecule has 0 aliphatic heterocycles. The first-order chi connectivity index (χ1) is 8.47. The number of carbonyl (C=O) groups is 2. The molecule has 98 valence electrons. The fraction of sp³-hybridized carbons (Fsp3) is 0.333. The second kappa shape index (κ2) is 5.90. The van der Waals surface area contributed by atoms with Gasteiger partial charge < -0.3 is 21.1 Å². The summed E-state index contributed by atoms with van der Waals surface area (Å²) in [5.41, 5.74) is 5.66. The summed E-state index contributed by atoms with van der Waals surface area (Å²) in [7, 11) is 1.65. The standard InChI is InChI=1S/C12H17N3O3/c1-3-15(2)10(16)7-14-12(18)8-5-4-6-9(13)11(8)17/h4-6,17H,3,7,13H2,1-2H3,(H,14,18). The predicted octanol–water partition coefficient (Wildman–Crippen LogP) is 0.182. The Labute approximate surface area is 105 Å². The van der Waals surface area contributed by atoms with E-state index in [-0.39, 0.29) is 29.5 Å². The van der Waals surface area contributed by atoms with Gasteiger partial charge >= 0.3 is 0 Å². The maximum atomic E-state index is 11.7. The lowest BCUT2D eigenvalue weighted by molar-refractivity contribution is -0.128. The number of aromatic hydroxyl groups is 1. The van der Waals surface area contributed by atoms with Crippen molar-refractivity contribution in [1.29, 1.82) is 0 Å². The Morgan fingerprint density at radius 1 is 1.44 bits per heavy atom. The molecule has 0 saturated heterocycles. The number of carbonyl (C=O) groups excluding carboxylic acids is 2. The van der Waals surface area contributed by atoms with E-state index in [0.717, 1.165) is 0 Å². The van der Waals surface area contributed by atoms with Crippen molar-refractivity contribution in [1.82, 2.24) is 10.2 Å². The number of phenols is 1. The lowest BCUT2D eigenvalue weighted by atomic mass is 10.1. The van der Waals surface area contributed by atoms with E-state index in [1.807, 2.05) is 6.92 Å². The number of nitrogens with one attached hydrogen (secondary N) is 1. The number of anilines is 1. The van der Waals surface area contributed by atoms with Crippen LogP contribution in [-0.2, 0) is 4.79 Å². The fourth-order valence-corrected chi connectivity index (χ4v) is 1.31. The molecule has 0 aliphatic carbocycles. The van der Waals surface area contributed by atoms with E-state index in [9.17, 15) is 14.7 Å². The number of rotatable bonds is 4. The Morgan fingerprint density at radius 2 is 2.11 bits per heavy atom. The minimum Gasteiger partial charge on any atom is -0.505 e. The zero-order valence-electron chi connectivity index (χ0n) is 10.4. The smallest absolute Gasteiger partial charge is 0.255 e. The van der Waals surface area contributed by atoms with Gasteiger partial charge in [0.1, 0.15) is 0 Å². The van der Waals surface area contributed by atoms with Gasteiger partial charge in [0.25, 0.3) is 5.91 Å². The second-order valence-electron chi connectivity index (χ2n) is 3.83. The summed E-state index contributed by atoms with van der Waals surface area (Å²) >= 11 is 0.